The molecule has 0 saturated carbocycles. The second-order valence-corrected chi connectivity index (χ2v) is 3.52. The Morgan fingerprint density at radius 3 is 2.85 bits per heavy atom. The second-order valence-electron chi connectivity index (χ2n) is 3.52. The molecule has 0 bridgehead atoms. The minimum absolute atomic E-state index is 0.0793. The van der Waals surface area contributed by atoms with Crippen molar-refractivity contribution >= 4 is 0 Å². The molecule has 1 N–H and O–H groups in total. The SMILES string of the molecule is O=c1ccn(CC2CCCN2)cc1. The average molecular weight is 178 g/mol. The maximum Gasteiger partial charge on any atom is 0.181 e. The van der Waals surface area contributed by atoms with E-state index < -0.39 is 0 Å². The first-order chi connectivity index (χ1) is 6.34. The highest BCUT2D eigenvalue weighted by atomic mass is 16.1. The highest BCUT2D eigenvalue weighted by Gasteiger charge is 2.13. The summed E-state index contributed by atoms with van der Waals surface area (Å²) in [6.07, 6.45) is 6.21. The van der Waals surface area contributed by atoms with Gasteiger partial charge in [-0.25, -0.2) is 0 Å². The van der Waals surface area contributed by atoms with Crippen molar-refractivity contribution in [1.82, 2.24) is 9.88 Å². The minimum atomic E-state index is 0.0793. The van der Waals surface area contributed by atoms with Crippen LogP contribution in [-0.4, -0.2) is 17.2 Å². The van der Waals surface area contributed by atoms with Gasteiger partial charge in [-0.3, -0.25) is 4.79 Å². The summed E-state index contributed by atoms with van der Waals surface area (Å²) < 4.78 is 2.06. The largest absolute Gasteiger partial charge is 0.352 e. The molecule has 0 radical (unpaired) electrons. The van der Waals surface area contributed by atoms with Crippen LogP contribution in [0.3, 0.4) is 0 Å². The molecule has 2 heterocycles. The lowest BCUT2D eigenvalue weighted by Gasteiger charge is -2.12. The van der Waals surface area contributed by atoms with Gasteiger partial charge < -0.3 is 9.88 Å². The third-order valence-corrected chi connectivity index (χ3v) is 2.45. The Kier molecular flexibility index (Phi) is 2.45. The van der Waals surface area contributed by atoms with Crippen LogP contribution in [0.1, 0.15) is 12.8 Å². The molecule has 13 heavy (non-hydrogen) atoms. The van der Waals surface area contributed by atoms with Crippen LogP contribution in [0.2, 0.25) is 0 Å². The van der Waals surface area contributed by atoms with Crippen LogP contribution in [0, 0.1) is 0 Å². The van der Waals surface area contributed by atoms with E-state index in [0.29, 0.717) is 6.04 Å². The molecule has 0 amide bonds. The third-order valence-electron chi connectivity index (χ3n) is 2.45. The normalized spacial score (nSPS) is 22.0. The molecular weight excluding hydrogens is 164 g/mol. The Hall–Kier alpha value is -1.09. The van der Waals surface area contributed by atoms with Crippen molar-refractivity contribution in [1.29, 1.82) is 0 Å². The summed E-state index contributed by atoms with van der Waals surface area (Å²) in [7, 11) is 0. The van der Waals surface area contributed by atoms with Gasteiger partial charge in [0.2, 0.25) is 0 Å². The van der Waals surface area contributed by atoms with Crippen LogP contribution < -0.4 is 10.7 Å². The molecule has 1 aromatic heterocycles. The number of rotatable bonds is 2. The molecule has 1 atom stereocenters. The maximum absolute atomic E-state index is 10.8. The Morgan fingerprint density at radius 1 is 1.46 bits per heavy atom. The van der Waals surface area contributed by atoms with Gasteiger partial charge in [0.1, 0.15) is 0 Å². The molecule has 0 aromatic carbocycles. The summed E-state index contributed by atoms with van der Waals surface area (Å²) in [6, 6.07) is 3.80. The molecule has 1 unspecified atom stereocenters. The number of hydrogen-bond donors (Lipinski definition) is 1. The fourth-order valence-corrected chi connectivity index (χ4v) is 1.73. The molecule has 1 aliphatic rings. The predicted octanol–water partition coefficient (Wildman–Crippen LogP) is 0.600. The van der Waals surface area contributed by atoms with E-state index in [2.05, 4.69) is 9.88 Å². The zero-order valence-corrected chi connectivity index (χ0v) is 7.57. The summed E-state index contributed by atoms with van der Waals surface area (Å²) >= 11 is 0. The van der Waals surface area contributed by atoms with Gasteiger partial charge >= 0.3 is 0 Å². The topological polar surface area (TPSA) is 34.0 Å². The van der Waals surface area contributed by atoms with Gasteiger partial charge in [0.05, 0.1) is 0 Å². The van der Waals surface area contributed by atoms with Crippen molar-refractivity contribution in [3.63, 3.8) is 0 Å². The van der Waals surface area contributed by atoms with Gasteiger partial charge in [-0.1, -0.05) is 0 Å². The van der Waals surface area contributed by atoms with E-state index in [9.17, 15) is 4.79 Å². The summed E-state index contributed by atoms with van der Waals surface area (Å²) in [5.74, 6) is 0. The molecule has 2 rings (SSSR count). The monoisotopic (exact) mass is 178 g/mol. The first-order valence-corrected chi connectivity index (χ1v) is 4.74. The lowest BCUT2D eigenvalue weighted by atomic mass is 10.2. The fraction of sp³-hybridized carbons (Fsp3) is 0.500. The van der Waals surface area contributed by atoms with Gasteiger partial charge in [-0.15, -0.1) is 0 Å². The van der Waals surface area contributed by atoms with Crippen molar-refractivity contribution < 1.29 is 0 Å². The average Bonchev–Trinajstić information content (AvgIpc) is 2.62. The quantitative estimate of drug-likeness (QED) is 0.719. The van der Waals surface area contributed by atoms with Crippen LogP contribution in [0.4, 0.5) is 0 Å². The molecule has 70 valence electrons. The van der Waals surface area contributed by atoms with Gasteiger partial charge in [0.25, 0.3) is 0 Å². The van der Waals surface area contributed by atoms with Crippen molar-refractivity contribution in [3.8, 4) is 0 Å². The van der Waals surface area contributed by atoms with E-state index in [-0.39, 0.29) is 5.43 Å². The van der Waals surface area contributed by atoms with E-state index in [0.717, 1.165) is 13.1 Å². The first kappa shape index (κ1) is 8.51. The zero-order valence-electron chi connectivity index (χ0n) is 7.57. The van der Waals surface area contributed by atoms with E-state index in [4.69, 9.17) is 0 Å². The molecule has 1 aromatic rings. The smallest absolute Gasteiger partial charge is 0.181 e. The zero-order chi connectivity index (χ0) is 9.10. The van der Waals surface area contributed by atoms with Crippen LogP contribution in [0.5, 0.6) is 0 Å². The third kappa shape index (κ3) is 2.18. The molecule has 1 aliphatic heterocycles. The lowest BCUT2D eigenvalue weighted by Crippen LogP contribution is -2.26. The number of aromatic nitrogens is 1. The summed E-state index contributed by atoms with van der Waals surface area (Å²) in [5, 5.41) is 3.42. The molecule has 1 fully saturated rings. The molecule has 3 heteroatoms. The Balaban J connectivity index is 2.00. The van der Waals surface area contributed by atoms with Crippen molar-refractivity contribution in [2.45, 2.75) is 25.4 Å². The molecule has 3 nitrogen and oxygen atoms in total. The Labute approximate surface area is 77.4 Å². The van der Waals surface area contributed by atoms with Crippen LogP contribution in [0.15, 0.2) is 29.3 Å². The maximum atomic E-state index is 10.8. The van der Waals surface area contributed by atoms with Gasteiger partial charge in [-0.05, 0) is 19.4 Å². The highest BCUT2D eigenvalue weighted by molar-refractivity contribution is 4.94. The summed E-state index contributed by atoms with van der Waals surface area (Å²) in [6.45, 7) is 2.10. The van der Waals surface area contributed by atoms with E-state index >= 15 is 0 Å². The van der Waals surface area contributed by atoms with Crippen molar-refractivity contribution in [2.24, 2.45) is 0 Å². The Morgan fingerprint density at radius 2 is 2.23 bits per heavy atom. The van der Waals surface area contributed by atoms with Crippen LogP contribution in [-0.2, 0) is 6.54 Å². The second kappa shape index (κ2) is 3.75. The van der Waals surface area contributed by atoms with Crippen molar-refractivity contribution in [3.05, 3.63) is 34.7 Å². The highest BCUT2D eigenvalue weighted by Crippen LogP contribution is 2.06. The van der Waals surface area contributed by atoms with E-state index in [1.54, 1.807) is 12.1 Å². The minimum Gasteiger partial charge on any atom is -0.352 e. The van der Waals surface area contributed by atoms with E-state index in [1.165, 1.54) is 12.8 Å². The first-order valence-electron chi connectivity index (χ1n) is 4.74. The van der Waals surface area contributed by atoms with Crippen LogP contribution >= 0.6 is 0 Å². The molecule has 0 spiro atoms. The van der Waals surface area contributed by atoms with Gasteiger partial charge in [0.15, 0.2) is 5.43 Å². The van der Waals surface area contributed by atoms with Gasteiger partial charge in [0, 0.05) is 37.1 Å². The van der Waals surface area contributed by atoms with Crippen molar-refractivity contribution in [2.75, 3.05) is 6.54 Å². The standard InChI is InChI=1S/C10H14N2O/c13-10-3-6-12(7-4-10)8-9-2-1-5-11-9/h3-4,6-7,9,11H,1-2,5,8H2. The Bertz CT molecular complexity index is 305. The molecule has 1 saturated heterocycles. The molecular formula is C10H14N2O. The lowest BCUT2D eigenvalue weighted by molar-refractivity contribution is 0.507. The number of nitrogens with zero attached hydrogens (tertiary/aromatic N) is 1. The predicted molar refractivity (Wildman–Crippen MR) is 51.7 cm³/mol. The molecule has 0 aliphatic carbocycles. The number of nitrogens with one attached hydrogen (secondary N) is 1. The van der Waals surface area contributed by atoms with Gasteiger partial charge in [-0.2, -0.15) is 0 Å². The number of hydrogen-bond acceptors (Lipinski definition) is 2. The summed E-state index contributed by atoms with van der Waals surface area (Å²) in [4.78, 5) is 10.8. The summed E-state index contributed by atoms with van der Waals surface area (Å²) in [5.41, 5.74) is 0.0793. The number of pyridine rings is 1. The van der Waals surface area contributed by atoms with Crippen LogP contribution in [0.25, 0.3) is 0 Å². The van der Waals surface area contributed by atoms with E-state index in [1.807, 2.05) is 12.4 Å². The fourth-order valence-electron chi connectivity index (χ4n) is 1.73.